The normalized spacial score (nSPS) is 12.9. The lowest BCUT2D eigenvalue weighted by molar-refractivity contribution is -0.144. The molecule has 0 spiro atoms. The number of hydrogen-bond acceptors (Lipinski definition) is 5. The van der Waals surface area contributed by atoms with Crippen LogP contribution in [0.3, 0.4) is 0 Å². The molecule has 1 aromatic rings. The van der Waals surface area contributed by atoms with Gasteiger partial charge in [-0.3, -0.25) is 4.79 Å². The van der Waals surface area contributed by atoms with E-state index in [1.54, 1.807) is 26.0 Å². The maximum atomic E-state index is 11.6. The highest BCUT2D eigenvalue weighted by molar-refractivity contribution is 7.89. The van der Waals surface area contributed by atoms with E-state index in [2.05, 4.69) is 5.32 Å². The summed E-state index contributed by atoms with van der Waals surface area (Å²) in [5.74, 6) is -1.05. The van der Waals surface area contributed by atoms with Crippen LogP contribution in [0.25, 0.3) is 0 Å². The second-order valence-corrected chi connectivity index (χ2v) is 6.07. The summed E-state index contributed by atoms with van der Waals surface area (Å²) in [6, 6.07) is 5.45. The van der Waals surface area contributed by atoms with E-state index in [0.29, 0.717) is 5.56 Å². The van der Waals surface area contributed by atoms with Crippen molar-refractivity contribution in [1.29, 1.82) is 0 Å². The Hall–Kier alpha value is -2.19. The van der Waals surface area contributed by atoms with Crippen LogP contribution in [0.15, 0.2) is 41.3 Å². The number of amides is 1. The molecule has 0 saturated carbocycles. The number of hydrogen-bond donors (Lipinski definition) is 2. The fraction of sp³-hybridized carbons (Fsp3) is 0.286. The van der Waals surface area contributed by atoms with E-state index in [1.165, 1.54) is 24.3 Å². The average Bonchev–Trinajstić information content (AvgIpc) is 2.44. The van der Waals surface area contributed by atoms with Gasteiger partial charge in [-0.25, -0.2) is 18.4 Å². The molecule has 22 heavy (non-hydrogen) atoms. The Kier molecular flexibility index (Phi) is 6.26. The minimum Gasteiger partial charge on any atom is -0.452 e. The molecule has 0 fully saturated rings. The van der Waals surface area contributed by atoms with E-state index in [9.17, 15) is 18.0 Å². The van der Waals surface area contributed by atoms with Gasteiger partial charge in [-0.1, -0.05) is 18.2 Å². The van der Waals surface area contributed by atoms with Crippen LogP contribution in [0.2, 0.25) is 0 Å². The van der Waals surface area contributed by atoms with Gasteiger partial charge in [0, 0.05) is 6.08 Å². The first kappa shape index (κ1) is 17.9. The summed E-state index contributed by atoms with van der Waals surface area (Å²) < 4.78 is 27.0. The minimum absolute atomic E-state index is 0.00457. The van der Waals surface area contributed by atoms with E-state index in [0.717, 1.165) is 0 Å². The molecule has 0 radical (unpaired) electrons. The summed E-state index contributed by atoms with van der Waals surface area (Å²) in [4.78, 5) is 22.7. The fourth-order valence-electron chi connectivity index (χ4n) is 1.63. The lowest BCUT2D eigenvalue weighted by Gasteiger charge is -2.14. The van der Waals surface area contributed by atoms with Gasteiger partial charge in [0.25, 0.3) is 5.91 Å². The maximum Gasteiger partial charge on any atom is 0.330 e. The van der Waals surface area contributed by atoms with Gasteiger partial charge in [-0.15, -0.1) is 0 Å². The summed E-state index contributed by atoms with van der Waals surface area (Å²) >= 11 is 0. The number of nitrogens with one attached hydrogen (secondary N) is 1. The molecule has 0 unspecified atom stereocenters. The first-order valence-corrected chi connectivity index (χ1v) is 8.00. The molecule has 3 N–H and O–H groups in total. The van der Waals surface area contributed by atoms with Crippen molar-refractivity contribution in [3.8, 4) is 0 Å². The molecule has 1 amide bonds. The monoisotopic (exact) mass is 326 g/mol. The van der Waals surface area contributed by atoms with E-state index in [4.69, 9.17) is 9.88 Å². The summed E-state index contributed by atoms with van der Waals surface area (Å²) in [6.07, 6.45) is 2.72. The molecular formula is C14H18N2O5S. The summed E-state index contributed by atoms with van der Waals surface area (Å²) in [5, 5.41) is 7.64. The lowest BCUT2D eigenvalue weighted by Crippen LogP contribution is -2.30. The van der Waals surface area contributed by atoms with Crippen molar-refractivity contribution in [2.75, 3.05) is 6.61 Å². The number of ether oxygens (including phenoxy) is 1. The third-order valence-electron chi connectivity index (χ3n) is 2.73. The zero-order chi connectivity index (χ0) is 16.8. The van der Waals surface area contributed by atoms with Gasteiger partial charge in [0.2, 0.25) is 10.0 Å². The second kappa shape index (κ2) is 7.71. The molecule has 8 heteroatoms. The highest BCUT2D eigenvalue weighted by atomic mass is 32.2. The molecule has 1 aromatic carbocycles. The van der Waals surface area contributed by atoms with Crippen molar-refractivity contribution >= 4 is 21.9 Å². The van der Waals surface area contributed by atoms with Crippen molar-refractivity contribution in [2.24, 2.45) is 5.14 Å². The Balaban J connectivity index is 2.59. The molecule has 0 heterocycles. The number of benzene rings is 1. The van der Waals surface area contributed by atoms with Crippen LogP contribution in [-0.4, -0.2) is 26.9 Å². The van der Waals surface area contributed by atoms with Crippen molar-refractivity contribution in [2.45, 2.75) is 24.8 Å². The predicted octanol–water partition coefficient (Wildman–Crippen LogP) is 0.631. The van der Waals surface area contributed by atoms with Gasteiger partial charge in [0.05, 0.1) is 10.9 Å². The Morgan fingerprint density at radius 1 is 1.32 bits per heavy atom. The van der Waals surface area contributed by atoms with E-state index in [-0.39, 0.29) is 17.5 Å². The van der Waals surface area contributed by atoms with E-state index >= 15 is 0 Å². The SMILES string of the molecule is C/C=C/C(=O)OCC(=O)N[C@H](C)c1ccc(S(N)(=O)=O)cc1. The Labute approximate surface area is 129 Å². The predicted molar refractivity (Wildman–Crippen MR) is 80.1 cm³/mol. The zero-order valence-corrected chi connectivity index (χ0v) is 13.1. The number of esters is 1. The summed E-state index contributed by atoms with van der Waals surface area (Å²) in [7, 11) is -3.74. The number of carbonyl (C=O) groups excluding carboxylic acids is 2. The number of rotatable bonds is 6. The van der Waals surface area contributed by atoms with Crippen LogP contribution in [0.1, 0.15) is 25.5 Å². The molecule has 1 atom stereocenters. The van der Waals surface area contributed by atoms with E-state index < -0.39 is 21.9 Å². The molecular weight excluding hydrogens is 308 g/mol. The molecule has 0 aliphatic carbocycles. The van der Waals surface area contributed by atoms with Crippen LogP contribution < -0.4 is 10.5 Å². The smallest absolute Gasteiger partial charge is 0.330 e. The number of sulfonamides is 1. The average molecular weight is 326 g/mol. The number of primary sulfonamides is 1. The van der Waals surface area contributed by atoms with Crippen molar-refractivity contribution in [3.63, 3.8) is 0 Å². The van der Waals surface area contributed by atoms with Crippen LogP contribution in [-0.2, 0) is 24.3 Å². The topological polar surface area (TPSA) is 116 Å². The van der Waals surface area contributed by atoms with Crippen molar-refractivity contribution in [1.82, 2.24) is 5.32 Å². The van der Waals surface area contributed by atoms with Gasteiger partial charge >= 0.3 is 5.97 Å². The lowest BCUT2D eigenvalue weighted by atomic mass is 10.1. The van der Waals surface area contributed by atoms with Crippen molar-refractivity contribution < 1.29 is 22.7 Å². The van der Waals surface area contributed by atoms with Crippen molar-refractivity contribution in [3.05, 3.63) is 42.0 Å². The fourth-order valence-corrected chi connectivity index (χ4v) is 2.15. The third kappa shape index (κ3) is 5.66. The van der Waals surface area contributed by atoms with Gasteiger partial charge < -0.3 is 10.1 Å². The highest BCUT2D eigenvalue weighted by Gasteiger charge is 2.13. The zero-order valence-electron chi connectivity index (χ0n) is 12.3. The second-order valence-electron chi connectivity index (χ2n) is 4.51. The molecule has 0 bridgehead atoms. The quantitative estimate of drug-likeness (QED) is 0.587. The van der Waals surface area contributed by atoms with Crippen LogP contribution in [0.5, 0.6) is 0 Å². The number of allylic oxidation sites excluding steroid dienone is 1. The summed E-state index contributed by atoms with van der Waals surface area (Å²) in [6.45, 7) is 3.00. The molecule has 120 valence electrons. The number of carbonyl (C=O) groups is 2. The maximum absolute atomic E-state index is 11.6. The molecule has 7 nitrogen and oxygen atoms in total. The van der Waals surface area contributed by atoms with Gasteiger partial charge in [0.1, 0.15) is 0 Å². The van der Waals surface area contributed by atoms with Gasteiger partial charge in [0.15, 0.2) is 6.61 Å². The van der Waals surface area contributed by atoms with Crippen LogP contribution in [0.4, 0.5) is 0 Å². The summed E-state index contributed by atoms with van der Waals surface area (Å²) in [5.41, 5.74) is 0.695. The molecule has 0 aromatic heterocycles. The standard InChI is InChI=1S/C14H18N2O5S/c1-3-4-14(18)21-9-13(17)16-10(2)11-5-7-12(8-6-11)22(15,19)20/h3-8,10H,9H2,1-2H3,(H,16,17)(H2,15,19,20)/b4-3+/t10-/m1/s1. The van der Waals surface area contributed by atoms with Crippen LogP contribution >= 0.6 is 0 Å². The molecule has 0 aliphatic rings. The molecule has 0 aliphatic heterocycles. The van der Waals surface area contributed by atoms with Crippen LogP contribution in [0, 0.1) is 0 Å². The van der Waals surface area contributed by atoms with Gasteiger partial charge in [-0.2, -0.15) is 0 Å². The Morgan fingerprint density at radius 2 is 1.91 bits per heavy atom. The first-order valence-electron chi connectivity index (χ1n) is 6.45. The minimum atomic E-state index is -3.74. The molecule has 0 saturated heterocycles. The number of nitrogens with two attached hydrogens (primary N) is 1. The first-order chi connectivity index (χ1) is 10.2. The van der Waals surface area contributed by atoms with Gasteiger partial charge in [-0.05, 0) is 31.5 Å². The third-order valence-corrected chi connectivity index (χ3v) is 3.66. The Bertz CT molecular complexity index is 665. The highest BCUT2D eigenvalue weighted by Crippen LogP contribution is 2.15. The van der Waals surface area contributed by atoms with E-state index in [1.807, 2.05) is 0 Å². The largest absolute Gasteiger partial charge is 0.452 e. The Morgan fingerprint density at radius 3 is 2.41 bits per heavy atom. The molecule has 1 rings (SSSR count).